The van der Waals surface area contributed by atoms with Crippen molar-refractivity contribution in [2.24, 2.45) is 0 Å². The highest BCUT2D eigenvalue weighted by molar-refractivity contribution is 7.12. The van der Waals surface area contributed by atoms with Gasteiger partial charge in [-0.3, -0.25) is 14.6 Å². The van der Waals surface area contributed by atoms with E-state index in [2.05, 4.69) is 21.8 Å². The largest absolute Gasteiger partial charge is 0.416 e. The van der Waals surface area contributed by atoms with Gasteiger partial charge in [0.15, 0.2) is 5.78 Å². The van der Waals surface area contributed by atoms with E-state index < -0.39 is 11.7 Å². The molecule has 0 aliphatic rings. The molecule has 0 atom stereocenters. The summed E-state index contributed by atoms with van der Waals surface area (Å²) in [5, 5.41) is 0.702. The number of ketones is 2. The van der Waals surface area contributed by atoms with Gasteiger partial charge in [0.25, 0.3) is 0 Å². The van der Waals surface area contributed by atoms with Crippen LogP contribution in [0, 0.1) is 11.8 Å². The zero-order valence-corrected chi connectivity index (χ0v) is 17.3. The van der Waals surface area contributed by atoms with E-state index in [9.17, 15) is 22.8 Å². The van der Waals surface area contributed by atoms with Gasteiger partial charge in [-0.05, 0) is 30.2 Å². The van der Waals surface area contributed by atoms with Crippen LogP contribution < -0.4 is 0 Å². The van der Waals surface area contributed by atoms with E-state index in [1.807, 2.05) is 0 Å². The second-order valence-corrected chi connectivity index (χ2v) is 7.77. The van der Waals surface area contributed by atoms with Crippen LogP contribution in [-0.2, 0) is 23.8 Å². The van der Waals surface area contributed by atoms with E-state index in [0.717, 1.165) is 18.3 Å². The maximum Gasteiger partial charge on any atom is 0.416 e. The number of halogens is 3. The molecule has 158 valence electrons. The van der Waals surface area contributed by atoms with Crippen molar-refractivity contribution in [1.82, 2.24) is 9.97 Å². The molecule has 31 heavy (non-hydrogen) atoms. The molecule has 0 saturated heterocycles. The third-order valence-corrected chi connectivity index (χ3v) is 5.21. The molecule has 0 unspecified atom stereocenters. The molecule has 3 aromatic rings. The third kappa shape index (κ3) is 6.33. The molecule has 0 aliphatic heterocycles. The smallest absolute Gasteiger partial charge is 0.299 e. The lowest BCUT2D eigenvalue weighted by molar-refractivity contribution is -0.137. The number of hydrogen-bond donors (Lipinski definition) is 0. The first-order chi connectivity index (χ1) is 14.7. The van der Waals surface area contributed by atoms with Crippen molar-refractivity contribution in [3.8, 4) is 11.8 Å². The van der Waals surface area contributed by atoms with Crippen molar-refractivity contribution in [2.45, 2.75) is 32.4 Å². The van der Waals surface area contributed by atoms with Crippen LogP contribution in [0.15, 0.2) is 48.8 Å². The summed E-state index contributed by atoms with van der Waals surface area (Å²) in [7, 11) is 0. The lowest BCUT2D eigenvalue weighted by Crippen LogP contribution is -2.09. The molecule has 0 N–H and O–H groups in total. The SMILES string of the molecule is CCC(=O)Cc1ncc(C#Cc2cccc(C(=O)Cc3cc(C(F)(F)F)ccn3)c2)s1. The summed E-state index contributed by atoms with van der Waals surface area (Å²) in [6.45, 7) is 1.80. The van der Waals surface area contributed by atoms with Gasteiger partial charge < -0.3 is 0 Å². The third-order valence-electron chi connectivity index (χ3n) is 4.30. The fourth-order valence-electron chi connectivity index (χ4n) is 2.67. The molecule has 1 aromatic carbocycles. The Labute approximate surface area is 181 Å². The van der Waals surface area contributed by atoms with Gasteiger partial charge in [0.1, 0.15) is 10.8 Å². The summed E-state index contributed by atoms with van der Waals surface area (Å²) >= 11 is 1.34. The van der Waals surface area contributed by atoms with Gasteiger partial charge in [-0.15, -0.1) is 11.3 Å². The van der Waals surface area contributed by atoms with Gasteiger partial charge in [0.05, 0.1) is 29.5 Å². The molecular formula is C23H17F3N2O2S. The lowest BCUT2D eigenvalue weighted by atomic mass is 10.0. The summed E-state index contributed by atoms with van der Waals surface area (Å²) in [6.07, 6.45) is -1.34. The Hall–Kier alpha value is -3.31. The molecule has 0 fully saturated rings. The Balaban J connectivity index is 1.72. The number of aromatic nitrogens is 2. The molecule has 2 heterocycles. The number of alkyl halides is 3. The molecular weight excluding hydrogens is 425 g/mol. The van der Waals surface area contributed by atoms with Gasteiger partial charge in [-0.1, -0.05) is 25.0 Å². The minimum atomic E-state index is -4.49. The second kappa shape index (κ2) is 9.67. The topological polar surface area (TPSA) is 59.9 Å². The number of thiazole rings is 1. The molecule has 4 nitrogen and oxygen atoms in total. The average Bonchev–Trinajstić information content (AvgIpc) is 3.19. The van der Waals surface area contributed by atoms with Crippen LogP contribution in [0.1, 0.15) is 50.4 Å². The maximum atomic E-state index is 12.8. The molecule has 0 radical (unpaired) electrons. The van der Waals surface area contributed by atoms with Crippen LogP contribution in [0.25, 0.3) is 0 Å². The van der Waals surface area contributed by atoms with Crippen LogP contribution in [0.4, 0.5) is 13.2 Å². The van der Waals surface area contributed by atoms with E-state index in [1.54, 1.807) is 37.4 Å². The Bertz CT molecular complexity index is 1170. The predicted molar refractivity (Wildman–Crippen MR) is 111 cm³/mol. The summed E-state index contributed by atoms with van der Waals surface area (Å²) in [5.74, 6) is 5.66. The average molecular weight is 442 g/mol. The van der Waals surface area contributed by atoms with Gasteiger partial charge in [-0.25, -0.2) is 4.98 Å². The number of benzene rings is 1. The molecule has 8 heteroatoms. The van der Waals surface area contributed by atoms with E-state index in [1.165, 1.54) is 11.3 Å². The summed E-state index contributed by atoms with van der Waals surface area (Å²) in [6, 6.07) is 8.32. The highest BCUT2D eigenvalue weighted by atomic mass is 32.1. The van der Waals surface area contributed by atoms with Gasteiger partial charge in [0, 0.05) is 29.4 Å². The number of hydrogen-bond acceptors (Lipinski definition) is 5. The molecule has 0 amide bonds. The molecule has 3 rings (SSSR count). The summed E-state index contributed by atoms with van der Waals surface area (Å²) in [5.41, 5.74) is 0.136. The number of carbonyl (C=O) groups excluding carboxylic acids is 2. The Morgan fingerprint density at radius 2 is 1.87 bits per heavy atom. The number of rotatable bonds is 6. The Kier molecular flexibility index (Phi) is 6.98. The molecule has 0 bridgehead atoms. The fraction of sp³-hybridized carbons (Fsp3) is 0.217. The number of pyridine rings is 1. The lowest BCUT2D eigenvalue weighted by Gasteiger charge is -2.08. The first-order valence-electron chi connectivity index (χ1n) is 9.38. The number of nitrogens with zero attached hydrogens (tertiary/aromatic N) is 2. The second-order valence-electron chi connectivity index (χ2n) is 6.65. The van der Waals surface area contributed by atoms with Gasteiger partial charge >= 0.3 is 6.18 Å². The Morgan fingerprint density at radius 3 is 2.61 bits per heavy atom. The highest BCUT2D eigenvalue weighted by Gasteiger charge is 2.30. The molecule has 0 spiro atoms. The van der Waals surface area contributed by atoms with E-state index in [-0.39, 0.29) is 30.1 Å². The highest BCUT2D eigenvalue weighted by Crippen LogP contribution is 2.29. The summed E-state index contributed by atoms with van der Waals surface area (Å²) in [4.78, 5) is 32.8. The van der Waals surface area contributed by atoms with Crippen molar-refractivity contribution < 1.29 is 22.8 Å². The minimum Gasteiger partial charge on any atom is -0.299 e. The monoisotopic (exact) mass is 442 g/mol. The van der Waals surface area contributed by atoms with Crippen LogP contribution >= 0.6 is 11.3 Å². The Morgan fingerprint density at radius 1 is 1.06 bits per heavy atom. The molecule has 0 saturated carbocycles. The summed E-state index contributed by atoms with van der Waals surface area (Å²) < 4.78 is 38.5. The van der Waals surface area contributed by atoms with Crippen molar-refractivity contribution in [1.29, 1.82) is 0 Å². The van der Waals surface area contributed by atoms with Crippen LogP contribution in [-0.4, -0.2) is 21.5 Å². The number of Topliss-reactive ketones (excluding diaryl/α,β-unsaturated/α-hetero) is 2. The normalized spacial score (nSPS) is 11.0. The number of carbonyl (C=O) groups is 2. The van der Waals surface area contributed by atoms with Crippen molar-refractivity contribution in [3.05, 3.63) is 81.1 Å². The molecule has 0 aliphatic carbocycles. The fourth-order valence-corrected chi connectivity index (χ4v) is 3.47. The quantitative estimate of drug-likeness (QED) is 0.402. The van der Waals surface area contributed by atoms with E-state index >= 15 is 0 Å². The van der Waals surface area contributed by atoms with Crippen LogP contribution in [0.5, 0.6) is 0 Å². The van der Waals surface area contributed by atoms with Gasteiger partial charge in [0.2, 0.25) is 0 Å². The first kappa shape index (κ1) is 22.4. The predicted octanol–water partition coefficient (Wildman–Crippen LogP) is 4.90. The van der Waals surface area contributed by atoms with Crippen LogP contribution in [0.2, 0.25) is 0 Å². The van der Waals surface area contributed by atoms with Crippen molar-refractivity contribution >= 4 is 22.9 Å². The zero-order chi connectivity index (χ0) is 22.4. The first-order valence-corrected chi connectivity index (χ1v) is 10.2. The zero-order valence-electron chi connectivity index (χ0n) is 16.5. The molecule has 2 aromatic heterocycles. The van der Waals surface area contributed by atoms with Gasteiger partial charge in [-0.2, -0.15) is 13.2 Å². The van der Waals surface area contributed by atoms with E-state index in [4.69, 9.17) is 0 Å². The van der Waals surface area contributed by atoms with Crippen molar-refractivity contribution in [3.63, 3.8) is 0 Å². The maximum absolute atomic E-state index is 12.8. The van der Waals surface area contributed by atoms with Crippen molar-refractivity contribution in [2.75, 3.05) is 0 Å². The standard InChI is InChI=1S/C23H17F3N2O2S/c1-2-19(29)13-22-28-14-20(31-22)7-6-15-4-3-5-16(10-15)21(30)12-18-11-17(8-9-27-18)23(24,25)26/h3-5,8-11,14H,2,12-13H2,1H3. The minimum absolute atomic E-state index is 0.0510. The van der Waals surface area contributed by atoms with Crippen LogP contribution in [0.3, 0.4) is 0 Å². The van der Waals surface area contributed by atoms with E-state index in [0.29, 0.717) is 27.4 Å².